The van der Waals surface area contributed by atoms with Crippen LogP contribution in [0.4, 0.5) is 0 Å². The van der Waals surface area contributed by atoms with Crippen LogP contribution in [-0.2, 0) is 4.74 Å². The van der Waals surface area contributed by atoms with E-state index in [1.165, 1.54) is 47.7 Å². The molecule has 0 unspecified atom stereocenters. The Kier molecular flexibility index (Phi) is 14.4. The lowest BCUT2D eigenvalue weighted by molar-refractivity contribution is 0.0221. The van der Waals surface area contributed by atoms with Gasteiger partial charge in [0.05, 0.1) is 47.7 Å². The van der Waals surface area contributed by atoms with E-state index in [0.29, 0.717) is 59.3 Å². The van der Waals surface area contributed by atoms with Crippen LogP contribution in [0, 0.1) is 0 Å². The first kappa shape index (κ1) is 35.6. The Morgan fingerprint density at radius 3 is 1.80 bits per heavy atom. The van der Waals surface area contributed by atoms with E-state index in [9.17, 15) is 9.59 Å². The number of esters is 1. The van der Waals surface area contributed by atoms with E-state index in [-0.39, 0.29) is 18.3 Å². The van der Waals surface area contributed by atoms with Crippen molar-refractivity contribution in [1.29, 1.82) is 0 Å². The van der Waals surface area contributed by atoms with Crippen LogP contribution in [0.5, 0.6) is 34.5 Å². The number of carbonyl (C=O) groups excluding carboxylic acids is 2. The van der Waals surface area contributed by atoms with Crippen molar-refractivity contribution in [2.45, 2.75) is 45.1 Å². The van der Waals surface area contributed by atoms with Crippen LogP contribution >= 0.6 is 0 Å². The third kappa shape index (κ3) is 10.1. The maximum atomic E-state index is 13.4. The second-order valence-electron chi connectivity index (χ2n) is 10.8. The first-order valence-corrected chi connectivity index (χ1v) is 15.4. The van der Waals surface area contributed by atoms with Crippen LogP contribution in [0.15, 0.2) is 24.3 Å². The van der Waals surface area contributed by atoms with Crippen molar-refractivity contribution in [3.8, 4) is 34.5 Å². The summed E-state index contributed by atoms with van der Waals surface area (Å²) in [5.74, 6) is 1.11. The number of nitrogens with two attached hydrogens (primary N) is 1. The van der Waals surface area contributed by atoms with E-state index in [0.717, 1.165) is 52.1 Å². The van der Waals surface area contributed by atoms with Gasteiger partial charge in [0.15, 0.2) is 23.0 Å². The highest BCUT2D eigenvalue weighted by atomic mass is 16.6. The van der Waals surface area contributed by atoms with Crippen LogP contribution in [-0.4, -0.2) is 109 Å². The van der Waals surface area contributed by atoms with Gasteiger partial charge in [-0.2, -0.15) is 0 Å². The molecule has 12 heteroatoms. The van der Waals surface area contributed by atoms with Crippen molar-refractivity contribution in [3.05, 3.63) is 35.4 Å². The predicted molar refractivity (Wildman–Crippen MR) is 170 cm³/mol. The van der Waals surface area contributed by atoms with Gasteiger partial charge in [0.2, 0.25) is 17.4 Å². The van der Waals surface area contributed by atoms with Crippen LogP contribution in [0.1, 0.15) is 59.7 Å². The number of amides is 1. The van der Waals surface area contributed by atoms with E-state index >= 15 is 0 Å². The molecule has 0 aliphatic carbocycles. The molecule has 3 rings (SSSR count). The Hall–Kier alpha value is -3.90. The fraction of sp³-hybridized carbons (Fsp3) is 0.576. The number of hydrogen-bond donors (Lipinski definition) is 1. The highest BCUT2D eigenvalue weighted by Crippen LogP contribution is 2.39. The number of methoxy groups -OCH3 is 5. The fourth-order valence-corrected chi connectivity index (χ4v) is 5.47. The van der Waals surface area contributed by atoms with Gasteiger partial charge < -0.3 is 48.7 Å². The van der Waals surface area contributed by atoms with Gasteiger partial charge in [0.1, 0.15) is 6.10 Å². The molecule has 2 aromatic rings. The maximum Gasteiger partial charge on any atom is 0.338 e. The summed E-state index contributed by atoms with van der Waals surface area (Å²) >= 11 is 0. The molecule has 1 amide bonds. The molecule has 2 aromatic carbocycles. The highest BCUT2D eigenvalue weighted by molar-refractivity contribution is 5.94. The molecule has 1 aliphatic rings. The largest absolute Gasteiger partial charge is 0.493 e. The second kappa shape index (κ2) is 18.2. The summed E-state index contributed by atoms with van der Waals surface area (Å²) in [4.78, 5) is 30.2. The van der Waals surface area contributed by atoms with E-state index in [1.807, 2.05) is 0 Å². The molecule has 12 nitrogen and oxygen atoms in total. The molecule has 1 heterocycles. The molecule has 1 saturated heterocycles. The SMILES string of the molecule is CCCN1CCCN(CC[C@@H](CCCOc2cc(C(N)=O)cc(OC)c2OC)OC(=O)c2cc(OC)c(OC)c(OC)c2)CC1. The summed E-state index contributed by atoms with van der Waals surface area (Å²) in [6.07, 6.45) is 3.68. The Bertz CT molecular complexity index is 1230. The summed E-state index contributed by atoms with van der Waals surface area (Å²) in [5, 5.41) is 0. The Labute approximate surface area is 266 Å². The van der Waals surface area contributed by atoms with Gasteiger partial charge in [-0.25, -0.2) is 4.79 Å². The lowest BCUT2D eigenvalue weighted by Gasteiger charge is -2.25. The van der Waals surface area contributed by atoms with Gasteiger partial charge in [0, 0.05) is 25.2 Å². The predicted octanol–water partition coefficient (Wildman–Crippen LogP) is 4.02. The summed E-state index contributed by atoms with van der Waals surface area (Å²) in [6.45, 7) is 8.54. The van der Waals surface area contributed by atoms with Crippen molar-refractivity contribution >= 4 is 11.9 Å². The van der Waals surface area contributed by atoms with Crippen LogP contribution in [0.2, 0.25) is 0 Å². The van der Waals surface area contributed by atoms with E-state index in [4.69, 9.17) is 38.9 Å². The maximum absolute atomic E-state index is 13.4. The number of nitrogens with zero attached hydrogens (tertiary/aromatic N) is 2. The Morgan fingerprint density at radius 1 is 0.733 bits per heavy atom. The molecular weight excluding hydrogens is 582 g/mol. The standard InChI is InChI=1S/C33H49N3O9/c1-7-12-35-13-9-14-36(17-16-35)15-11-25(45-33(38)24-21-27(40-3)30(42-5)28(22-24)41-4)10-8-18-44-29-20-23(32(34)37)19-26(39-2)31(29)43-6/h19-22,25H,7-18H2,1-6H3,(H2,34,37)/t25-/m1/s1. The lowest BCUT2D eigenvalue weighted by Crippen LogP contribution is -2.33. The summed E-state index contributed by atoms with van der Waals surface area (Å²) in [7, 11) is 7.49. The van der Waals surface area contributed by atoms with E-state index in [2.05, 4.69) is 16.7 Å². The molecule has 0 bridgehead atoms. The molecule has 0 saturated carbocycles. The zero-order valence-electron chi connectivity index (χ0n) is 27.5. The Balaban J connectivity index is 1.72. The third-order valence-electron chi connectivity index (χ3n) is 7.82. The molecule has 45 heavy (non-hydrogen) atoms. The van der Waals surface area contributed by atoms with Gasteiger partial charge in [-0.15, -0.1) is 0 Å². The van der Waals surface area contributed by atoms with Gasteiger partial charge in [-0.1, -0.05) is 6.92 Å². The minimum absolute atomic E-state index is 0.245. The molecule has 0 radical (unpaired) electrons. The van der Waals surface area contributed by atoms with Gasteiger partial charge >= 0.3 is 5.97 Å². The molecule has 2 N–H and O–H groups in total. The summed E-state index contributed by atoms with van der Waals surface area (Å²) in [5.41, 5.74) is 6.04. The molecule has 0 aromatic heterocycles. The average Bonchev–Trinajstić information content (AvgIpc) is 3.28. The fourth-order valence-electron chi connectivity index (χ4n) is 5.47. The number of carbonyl (C=O) groups is 2. The van der Waals surface area contributed by atoms with Crippen molar-refractivity contribution in [2.24, 2.45) is 5.73 Å². The first-order chi connectivity index (χ1) is 21.8. The first-order valence-electron chi connectivity index (χ1n) is 15.4. The van der Waals surface area contributed by atoms with Crippen molar-refractivity contribution in [3.63, 3.8) is 0 Å². The van der Waals surface area contributed by atoms with Gasteiger partial charge in [-0.05, 0) is 76.0 Å². The molecule has 1 atom stereocenters. The zero-order valence-corrected chi connectivity index (χ0v) is 27.5. The van der Waals surface area contributed by atoms with Crippen LogP contribution in [0.25, 0.3) is 0 Å². The topological polar surface area (TPSA) is 131 Å². The number of rotatable bonds is 18. The molecule has 1 aliphatic heterocycles. The van der Waals surface area contributed by atoms with Gasteiger partial charge in [-0.3, -0.25) is 4.79 Å². The van der Waals surface area contributed by atoms with Crippen LogP contribution < -0.4 is 34.2 Å². The quantitative estimate of drug-likeness (QED) is 0.189. The number of ether oxygens (including phenoxy) is 7. The lowest BCUT2D eigenvalue weighted by atomic mass is 10.1. The van der Waals surface area contributed by atoms with E-state index in [1.54, 1.807) is 12.1 Å². The van der Waals surface area contributed by atoms with Crippen molar-refractivity contribution < 1.29 is 42.7 Å². The summed E-state index contributed by atoms with van der Waals surface area (Å²) in [6, 6.07) is 6.22. The molecule has 250 valence electrons. The van der Waals surface area contributed by atoms with Crippen LogP contribution in [0.3, 0.4) is 0 Å². The summed E-state index contributed by atoms with van der Waals surface area (Å²) < 4.78 is 39.2. The van der Waals surface area contributed by atoms with Crippen molar-refractivity contribution in [1.82, 2.24) is 9.80 Å². The van der Waals surface area contributed by atoms with Gasteiger partial charge in [0.25, 0.3) is 0 Å². The normalized spacial score (nSPS) is 14.6. The number of benzene rings is 2. The molecule has 1 fully saturated rings. The highest BCUT2D eigenvalue weighted by Gasteiger charge is 2.23. The van der Waals surface area contributed by atoms with E-state index < -0.39 is 11.9 Å². The minimum atomic E-state index is -0.606. The average molecular weight is 632 g/mol. The molecule has 0 spiro atoms. The Morgan fingerprint density at radius 2 is 1.27 bits per heavy atom. The monoisotopic (exact) mass is 631 g/mol. The number of primary amides is 1. The zero-order chi connectivity index (χ0) is 32.8. The minimum Gasteiger partial charge on any atom is -0.493 e. The number of hydrogen-bond acceptors (Lipinski definition) is 11. The van der Waals surface area contributed by atoms with Crippen molar-refractivity contribution in [2.75, 3.05) is 81.4 Å². The molecular formula is C33H49N3O9. The third-order valence-corrected chi connectivity index (χ3v) is 7.82. The smallest absolute Gasteiger partial charge is 0.338 e. The second-order valence-corrected chi connectivity index (χ2v) is 10.8.